The van der Waals surface area contributed by atoms with E-state index in [1.165, 1.54) is 11.3 Å². The largest absolute Gasteiger partial charge is 1.00 e. The van der Waals surface area contributed by atoms with E-state index in [1.807, 2.05) is 0 Å². The van der Waals surface area contributed by atoms with Gasteiger partial charge in [0.25, 0.3) is 0 Å². The summed E-state index contributed by atoms with van der Waals surface area (Å²) in [6.07, 6.45) is 1.88. The number of carboxylic acids is 1. The summed E-state index contributed by atoms with van der Waals surface area (Å²) in [6.45, 7) is 4.94. The van der Waals surface area contributed by atoms with Crippen molar-refractivity contribution in [3.05, 3.63) is 16.0 Å². The van der Waals surface area contributed by atoms with Gasteiger partial charge < -0.3 is 15.6 Å². The van der Waals surface area contributed by atoms with E-state index in [-0.39, 0.29) is 35.1 Å². The van der Waals surface area contributed by atoms with E-state index in [1.54, 1.807) is 0 Å². The van der Waals surface area contributed by atoms with Crippen LogP contribution in [0.4, 0.5) is 5.00 Å². The number of aromatic carboxylic acids is 1. The first-order valence-corrected chi connectivity index (χ1v) is 6.28. The molecule has 6 heteroatoms. The number of thiophene rings is 1. The second-order valence-corrected chi connectivity index (χ2v) is 5.19. The fourth-order valence-corrected chi connectivity index (χ4v) is 3.36. The number of carboxylic acid groups (broad SMARTS) is 1. The van der Waals surface area contributed by atoms with Crippen LogP contribution in [0.1, 0.15) is 34.1 Å². The number of carbonyl (C=O) groups excluding carboxylic acids is 1. The first-order chi connectivity index (χ1) is 7.63. The summed E-state index contributed by atoms with van der Waals surface area (Å²) in [7, 11) is 0. The molecule has 17 heavy (non-hydrogen) atoms. The smallest absolute Gasteiger partial charge is 0.545 e. The van der Waals surface area contributed by atoms with Gasteiger partial charge in [0.2, 0.25) is 0 Å². The maximum atomic E-state index is 11.0. The molecule has 0 atom stereocenters. The zero-order valence-corrected chi connectivity index (χ0v) is 13.1. The van der Waals surface area contributed by atoms with Crippen molar-refractivity contribution < 1.29 is 39.5 Å². The van der Waals surface area contributed by atoms with E-state index in [0.29, 0.717) is 5.00 Å². The van der Waals surface area contributed by atoms with E-state index < -0.39 is 5.97 Å². The molecule has 0 amide bonds. The van der Waals surface area contributed by atoms with Crippen molar-refractivity contribution >= 4 is 22.3 Å². The second-order valence-electron chi connectivity index (χ2n) is 4.06. The molecule has 1 aromatic heterocycles. The minimum atomic E-state index is -1.14. The fraction of sp³-hybridized carbons (Fsp3) is 0.545. The summed E-state index contributed by atoms with van der Waals surface area (Å²) in [4.78, 5) is 14.4. The molecule has 1 aromatic rings. The average Bonchev–Trinajstić information content (AvgIpc) is 2.53. The Bertz CT molecular complexity index is 420. The van der Waals surface area contributed by atoms with Crippen LogP contribution in [0.5, 0.6) is 0 Å². The van der Waals surface area contributed by atoms with E-state index >= 15 is 0 Å². The summed E-state index contributed by atoms with van der Waals surface area (Å²) in [5.41, 5.74) is 6.85. The fourth-order valence-electron chi connectivity index (χ4n) is 2.21. The molecule has 0 saturated heterocycles. The summed E-state index contributed by atoms with van der Waals surface area (Å²) < 4.78 is 0. The molecule has 0 unspecified atom stereocenters. The van der Waals surface area contributed by atoms with Crippen LogP contribution in [0.25, 0.3) is 0 Å². The molecular weight excluding hydrogens is 247 g/mol. The molecule has 1 aliphatic heterocycles. The predicted octanol–water partition coefficient (Wildman–Crippen LogP) is -2.53. The van der Waals surface area contributed by atoms with Gasteiger partial charge >= 0.3 is 29.6 Å². The van der Waals surface area contributed by atoms with Gasteiger partial charge in [0.05, 0.1) is 11.0 Å². The minimum Gasteiger partial charge on any atom is -0.545 e. The molecule has 2 heterocycles. The first kappa shape index (κ1) is 15.0. The number of nitrogens with two attached hydrogens (primary N) is 1. The minimum absolute atomic E-state index is 0. The second kappa shape index (κ2) is 6.20. The van der Waals surface area contributed by atoms with Crippen LogP contribution in [0.2, 0.25) is 0 Å². The molecule has 1 aliphatic rings. The third-order valence-electron chi connectivity index (χ3n) is 2.91. The van der Waals surface area contributed by atoms with Crippen molar-refractivity contribution in [1.82, 2.24) is 4.90 Å². The van der Waals surface area contributed by atoms with Crippen LogP contribution in [0, 0.1) is 0 Å². The molecule has 2 N–H and O–H groups in total. The van der Waals surface area contributed by atoms with E-state index in [2.05, 4.69) is 11.8 Å². The summed E-state index contributed by atoms with van der Waals surface area (Å²) in [5.74, 6) is -1.14. The third-order valence-corrected chi connectivity index (χ3v) is 3.95. The number of fused-ring (bicyclic) bond motifs is 1. The summed E-state index contributed by atoms with van der Waals surface area (Å²) >= 11 is 1.39. The Morgan fingerprint density at radius 3 is 2.88 bits per heavy atom. The van der Waals surface area contributed by atoms with E-state index in [4.69, 9.17) is 5.73 Å². The SMILES string of the molecule is CCCN1CCc2c(sc(N)c2C(=O)[O-])C1.[Na+]. The van der Waals surface area contributed by atoms with Gasteiger partial charge in [-0.1, -0.05) is 6.92 Å². The molecule has 0 saturated carbocycles. The number of carbonyl (C=O) groups is 1. The molecule has 88 valence electrons. The average molecular weight is 262 g/mol. The Labute approximate surface area is 127 Å². The standard InChI is InChI=1S/C11H16N2O2S.Na/c1-2-4-13-5-3-7-8(6-13)16-10(12)9(7)11(14)15;/h2-6,12H2,1H3,(H,14,15);/q;+1/p-1. The van der Waals surface area contributed by atoms with E-state index in [9.17, 15) is 9.90 Å². The van der Waals surface area contributed by atoms with Gasteiger partial charge in [-0.2, -0.15) is 0 Å². The maximum Gasteiger partial charge on any atom is 1.00 e. The van der Waals surface area contributed by atoms with Gasteiger partial charge in [0, 0.05) is 23.5 Å². The number of hydrogen-bond donors (Lipinski definition) is 1. The van der Waals surface area contributed by atoms with Crippen molar-refractivity contribution in [2.45, 2.75) is 26.3 Å². The topological polar surface area (TPSA) is 69.4 Å². The Balaban J connectivity index is 0.00000144. The van der Waals surface area contributed by atoms with Crippen LogP contribution >= 0.6 is 11.3 Å². The first-order valence-electron chi connectivity index (χ1n) is 5.47. The molecule has 4 nitrogen and oxygen atoms in total. The molecule has 2 rings (SSSR count). The predicted molar refractivity (Wildman–Crippen MR) is 62.3 cm³/mol. The molecule has 0 radical (unpaired) electrons. The normalized spacial score (nSPS) is 15.1. The monoisotopic (exact) mass is 262 g/mol. The van der Waals surface area contributed by atoms with Gasteiger partial charge in [0.15, 0.2) is 0 Å². The molecule has 0 spiro atoms. The van der Waals surface area contributed by atoms with Crippen molar-refractivity contribution in [3.63, 3.8) is 0 Å². The summed E-state index contributed by atoms with van der Waals surface area (Å²) in [6, 6.07) is 0. The Kier molecular flexibility index (Phi) is 5.47. The van der Waals surface area contributed by atoms with Gasteiger partial charge in [0.1, 0.15) is 0 Å². The van der Waals surface area contributed by atoms with Crippen LogP contribution in [0.15, 0.2) is 0 Å². The van der Waals surface area contributed by atoms with E-state index in [0.717, 1.165) is 42.9 Å². The Morgan fingerprint density at radius 1 is 1.59 bits per heavy atom. The van der Waals surface area contributed by atoms with Gasteiger partial charge in [-0.05, 0) is 24.9 Å². The Morgan fingerprint density at radius 2 is 2.29 bits per heavy atom. The van der Waals surface area contributed by atoms with Crippen LogP contribution in [-0.2, 0) is 13.0 Å². The molecular formula is C11H15N2NaO2S. The van der Waals surface area contributed by atoms with Crippen molar-refractivity contribution in [3.8, 4) is 0 Å². The molecule has 0 aliphatic carbocycles. The van der Waals surface area contributed by atoms with Gasteiger partial charge in [-0.15, -0.1) is 11.3 Å². The molecule has 0 bridgehead atoms. The number of nitrogens with zero attached hydrogens (tertiary/aromatic N) is 1. The zero-order valence-electron chi connectivity index (χ0n) is 10.3. The van der Waals surface area contributed by atoms with Crippen molar-refractivity contribution in [2.75, 3.05) is 18.8 Å². The molecule has 0 aromatic carbocycles. The van der Waals surface area contributed by atoms with Crippen LogP contribution in [-0.4, -0.2) is 24.0 Å². The zero-order chi connectivity index (χ0) is 11.7. The van der Waals surface area contributed by atoms with Gasteiger partial charge in [-0.25, -0.2) is 0 Å². The van der Waals surface area contributed by atoms with Crippen molar-refractivity contribution in [2.24, 2.45) is 0 Å². The summed E-state index contributed by atoms with van der Waals surface area (Å²) in [5, 5.41) is 11.4. The number of rotatable bonds is 3. The van der Waals surface area contributed by atoms with Gasteiger partial charge in [-0.3, -0.25) is 4.90 Å². The maximum absolute atomic E-state index is 11.0. The number of nitrogen functional groups attached to an aromatic ring is 1. The van der Waals surface area contributed by atoms with Crippen LogP contribution < -0.4 is 40.4 Å². The molecule has 0 fully saturated rings. The third kappa shape index (κ3) is 3.03. The quantitative estimate of drug-likeness (QED) is 0.610. The number of hydrogen-bond acceptors (Lipinski definition) is 5. The van der Waals surface area contributed by atoms with Crippen molar-refractivity contribution in [1.29, 1.82) is 0 Å². The number of anilines is 1. The Hall–Kier alpha value is -0.0700. The van der Waals surface area contributed by atoms with Crippen LogP contribution in [0.3, 0.4) is 0 Å².